The number of aromatic nitrogens is 1. The number of nitrogens with two attached hydrogens (primary N) is 1. The third-order valence-electron chi connectivity index (χ3n) is 3.09. The molecule has 3 nitrogen and oxygen atoms in total. The van der Waals surface area contributed by atoms with Gasteiger partial charge in [0, 0.05) is 25.0 Å². The molecule has 15 heavy (non-hydrogen) atoms. The largest absolute Gasteiger partial charge is 0.351 e. The molecule has 1 aliphatic rings. The molecule has 0 bridgehead atoms. The first-order valence-electron chi connectivity index (χ1n) is 5.50. The lowest BCUT2D eigenvalue weighted by Crippen LogP contribution is -2.20. The predicted octanol–water partition coefficient (Wildman–Crippen LogP) is 2.26. The molecule has 1 aromatic heterocycles. The van der Waals surface area contributed by atoms with E-state index in [0.717, 1.165) is 29.2 Å². The van der Waals surface area contributed by atoms with Crippen molar-refractivity contribution in [3.8, 4) is 0 Å². The quantitative estimate of drug-likeness (QED) is 0.854. The van der Waals surface area contributed by atoms with Crippen LogP contribution in [0.15, 0.2) is 5.38 Å². The van der Waals surface area contributed by atoms with Crippen LogP contribution in [-0.4, -0.2) is 18.6 Å². The lowest BCUT2D eigenvalue weighted by atomic mass is 10.3. The lowest BCUT2D eigenvalue weighted by molar-refractivity contribution is 0.719. The molecule has 2 N–H and O–H groups in total. The number of hydrogen-bond acceptors (Lipinski definition) is 4. The Morgan fingerprint density at radius 2 is 2.40 bits per heavy atom. The third kappa shape index (κ3) is 2.49. The van der Waals surface area contributed by atoms with Gasteiger partial charge in [-0.25, -0.2) is 4.98 Å². The molecule has 1 saturated carbocycles. The fraction of sp³-hybridized carbons (Fsp3) is 0.727. The highest BCUT2D eigenvalue weighted by Crippen LogP contribution is 2.39. The molecule has 0 saturated heterocycles. The van der Waals surface area contributed by atoms with E-state index in [9.17, 15) is 0 Å². The summed E-state index contributed by atoms with van der Waals surface area (Å²) in [6, 6.07) is 0.0447. The van der Waals surface area contributed by atoms with Crippen LogP contribution < -0.4 is 10.6 Å². The van der Waals surface area contributed by atoms with E-state index in [2.05, 4.69) is 29.2 Å². The van der Waals surface area contributed by atoms with E-state index in [1.807, 2.05) is 6.92 Å². The molecular formula is C11H19N3S. The second-order valence-electron chi connectivity index (χ2n) is 4.70. The van der Waals surface area contributed by atoms with Gasteiger partial charge in [0.05, 0.1) is 5.69 Å². The highest BCUT2D eigenvalue weighted by molar-refractivity contribution is 7.13. The first-order chi connectivity index (χ1) is 7.08. The van der Waals surface area contributed by atoms with Crippen molar-refractivity contribution in [2.75, 3.05) is 18.5 Å². The van der Waals surface area contributed by atoms with Crippen molar-refractivity contribution in [2.24, 2.45) is 17.6 Å². The van der Waals surface area contributed by atoms with Crippen molar-refractivity contribution < 1.29 is 0 Å². The first-order valence-corrected chi connectivity index (χ1v) is 6.38. The van der Waals surface area contributed by atoms with Crippen LogP contribution in [0.2, 0.25) is 0 Å². The Kier molecular flexibility index (Phi) is 2.98. The Morgan fingerprint density at radius 1 is 1.73 bits per heavy atom. The van der Waals surface area contributed by atoms with Gasteiger partial charge in [0.15, 0.2) is 5.13 Å². The van der Waals surface area contributed by atoms with Crippen molar-refractivity contribution in [1.82, 2.24) is 4.98 Å². The summed E-state index contributed by atoms with van der Waals surface area (Å²) < 4.78 is 0. The van der Waals surface area contributed by atoms with Crippen molar-refractivity contribution in [3.63, 3.8) is 0 Å². The summed E-state index contributed by atoms with van der Waals surface area (Å²) in [6.45, 7) is 5.42. The van der Waals surface area contributed by atoms with Crippen molar-refractivity contribution in [2.45, 2.75) is 26.3 Å². The summed E-state index contributed by atoms with van der Waals surface area (Å²) in [6.07, 6.45) is 1.37. The monoisotopic (exact) mass is 225 g/mol. The fourth-order valence-electron chi connectivity index (χ4n) is 1.74. The smallest absolute Gasteiger partial charge is 0.185 e. The molecule has 1 aromatic rings. The predicted molar refractivity (Wildman–Crippen MR) is 65.3 cm³/mol. The molecule has 0 amide bonds. The van der Waals surface area contributed by atoms with Gasteiger partial charge in [-0.2, -0.15) is 0 Å². The maximum atomic E-state index is 5.79. The van der Waals surface area contributed by atoms with Gasteiger partial charge >= 0.3 is 0 Å². The summed E-state index contributed by atoms with van der Waals surface area (Å²) in [7, 11) is 2.12. The Morgan fingerprint density at radius 3 is 2.87 bits per heavy atom. The molecule has 3 atom stereocenters. The number of thiazole rings is 1. The van der Waals surface area contributed by atoms with E-state index in [-0.39, 0.29) is 6.04 Å². The highest BCUT2D eigenvalue weighted by Gasteiger charge is 2.33. The highest BCUT2D eigenvalue weighted by atomic mass is 32.1. The van der Waals surface area contributed by atoms with Gasteiger partial charge in [0.25, 0.3) is 0 Å². The number of hydrogen-bond donors (Lipinski definition) is 1. The molecule has 0 spiro atoms. The van der Waals surface area contributed by atoms with Crippen molar-refractivity contribution >= 4 is 16.5 Å². The van der Waals surface area contributed by atoms with E-state index in [4.69, 9.17) is 5.73 Å². The molecule has 1 heterocycles. The third-order valence-corrected chi connectivity index (χ3v) is 4.06. The SMILES string of the molecule is CC(N)c1csc(N(C)CC2CC2C)n1. The maximum Gasteiger partial charge on any atom is 0.185 e. The molecule has 1 fully saturated rings. The van der Waals surface area contributed by atoms with Crippen LogP contribution in [0.4, 0.5) is 5.13 Å². The summed E-state index contributed by atoms with van der Waals surface area (Å²) in [5, 5.41) is 3.16. The second kappa shape index (κ2) is 4.10. The molecule has 0 aromatic carbocycles. The molecule has 4 heteroatoms. The van der Waals surface area contributed by atoms with Gasteiger partial charge < -0.3 is 10.6 Å². The Hall–Kier alpha value is -0.610. The fourth-order valence-corrected chi connectivity index (χ4v) is 2.65. The van der Waals surface area contributed by atoms with Crippen LogP contribution in [0.5, 0.6) is 0 Å². The van der Waals surface area contributed by atoms with Gasteiger partial charge in [0.1, 0.15) is 0 Å². The van der Waals surface area contributed by atoms with Gasteiger partial charge in [0.2, 0.25) is 0 Å². The van der Waals surface area contributed by atoms with Crippen molar-refractivity contribution in [1.29, 1.82) is 0 Å². The van der Waals surface area contributed by atoms with E-state index in [0.29, 0.717) is 0 Å². The molecule has 1 aliphatic carbocycles. The van der Waals surface area contributed by atoms with Crippen LogP contribution in [0.25, 0.3) is 0 Å². The maximum absolute atomic E-state index is 5.79. The van der Waals surface area contributed by atoms with E-state index in [1.54, 1.807) is 11.3 Å². The molecular weight excluding hydrogens is 206 g/mol. The van der Waals surface area contributed by atoms with Crippen LogP contribution in [0, 0.1) is 11.8 Å². The normalized spacial score (nSPS) is 26.4. The Balaban J connectivity index is 1.96. The van der Waals surface area contributed by atoms with Crippen molar-refractivity contribution in [3.05, 3.63) is 11.1 Å². The minimum absolute atomic E-state index is 0.0447. The molecule has 0 aliphatic heterocycles. The number of nitrogens with zero attached hydrogens (tertiary/aromatic N) is 2. The zero-order chi connectivity index (χ0) is 11.0. The first kappa shape index (κ1) is 10.9. The summed E-state index contributed by atoms with van der Waals surface area (Å²) in [5.74, 6) is 1.78. The standard InChI is InChI=1S/C11H19N3S/c1-7-4-9(7)5-14(3)11-13-10(6-15-11)8(2)12/h6-9H,4-5,12H2,1-3H3. The topological polar surface area (TPSA) is 42.1 Å². The molecule has 84 valence electrons. The zero-order valence-electron chi connectivity index (χ0n) is 9.60. The summed E-state index contributed by atoms with van der Waals surface area (Å²) in [4.78, 5) is 6.79. The van der Waals surface area contributed by atoms with Gasteiger partial charge in [-0.15, -0.1) is 11.3 Å². The van der Waals surface area contributed by atoms with E-state index >= 15 is 0 Å². The lowest BCUT2D eigenvalue weighted by Gasteiger charge is -2.15. The van der Waals surface area contributed by atoms with Crippen LogP contribution >= 0.6 is 11.3 Å². The summed E-state index contributed by atoms with van der Waals surface area (Å²) >= 11 is 1.69. The molecule has 2 rings (SSSR count). The van der Waals surface area contributed by atoms with Gasteiger partial charge in [-0.1, -0.05) is 6.92 Å². The second-order valence-corrected chi connectivity index (χ2v) is 5.53. The average Bonchev–Trinajstić information content (AvgIpc) is 2.71. The van der Waals surface area contributed by atoms with Gasteiger partial charge in [-0.3, -0.25) is 0 Å². The van der Waals surface area contributed by atoms with Gasteiger partial charge in [-0.05, 0) is 25.2 Å². The van der Waals surface area contributed by atoms with Crippen LogP contribution in [-0.2, 0) is 0 Å². The molecule has 0 radical (unpaired) electrons. The zero-order valence-corrected chi connectivity index (χ0v) is 10.4. The average molecular weight is 225 g/mol. The van der Waals surface area contributed by atoms with Crippen LogP contribution in [0.3, 0.4) is 0 Å². The Labute approximate surface area is 95.3 Å². The number of anilines is 1. The summed E-state index contributed by atoms with van der Waals surface area (Å²) in [5.41, 5.74) is 6.79. The Bertz CT molecular complexity index is 334. The number of rotatable bonds is 4. The van der Waals surface area contributed by atoms with E-state index in [1.165, 1.54) is 6.42 Å². The molecule has 3 unspecified atom stereocenters. The van der Waals surface area contributed by atoms with E-state index < -0.39 is 0 Å². The minimum atomic E-state index is 0.0447. The van der Waals surface area contributed by atoms with Crippen LogP contribution in [0.1, 0.15) is 32.0 Å². The minimum Gasteiger partial charge on any atom is -0.351 e.